The molecule has 0 unspecified atom stereocenters. The molecule has 2 saturated heterocycles. The third kappa shape index (κ3) is 5.55. The Balaban J connectivity index is 1.73. The van der Waals surface area contributed by atoms with Gasteiger partial charge >= 0.3 is 0 Å². The molecule has 198 valence electrons. The van der Waals surface area contributed by atoms with Crippen molar-refractivity contribution in [1.29, 1.82) is 0 Å². The highest BCUT2D eigenvalue weighted by atomic mass is 19.1. The largest absolute Gasteiger partial charge is 0.507 e. The third-order valence-electron chi connectivity index (χ3n) is 6.54. The molecule has 2 fully saturated rings. The lowest BCUT2D eigenvalue weighted by atomic mass is 9.95. The fourth-order valence-corrected chi connectivity index (χ4v) is 4.69. The van der Waals surface area contributed by atoms with Gasteiger partial charge in [0.2, 0.25) is 0 Å². The molecule has 2 aromatic carbocycles. The van der Waals surface area contributed by atoms with Gasteiger partial charge in [0.1, 0.15) is 5.76 Å². The van der Waals surface area contributed by atoms with Crippen molar-refractivity contribution in [1.82, 2.24) is 9.80 Å². The van der Waals surface area contributed by atoms with E-state index in [1.54, 1.807) is 19.1 Å². The molecule has 0 radical (unpaired) electrons. The zero-order valence-corrected chi connectivity index (χ0v) is 20.9. The van der Waals surface area contributed by atoms with Crippen LogP contribution in [0.5, 0.6) is 17.2 Å². The van der Waals surface area contributed by atoms with Crippen LogP contribution in [0.1, 0.15) is 30.5 Å². The summed E-state index contributed by atoms with van der Waals surface area (Å²) < 4.78 is 30.2. The molecule has 9 nitrogen and oxygen atoms in total. The number of carbonyl (C=O) groups is 2. The molecule has 4 rings (SSSR count). The van der Waals surface area contributed by atoms with Crippen LogP contribution in [0, 0.1) is 5.82 Å². The Morgan fingerprint density at radius 1 is 1.11 bits per heavy atom. The Hall–Kier alpha value is -3.63. The van der Waals surface area contributed by atoms with E-state index in [0.717, 1.165) is 19.2 Å². The normalized spacial score (nSPS) is 19.9. The molecule has 0 saturated carbocycles. The summed E-state index contributed by atoms with van der Waals surface area (Å²) in [5, 5.41) is 21.4. The minimum Gasteiger partial charge on any atom is -0.507 e. The number of likely N-dealkylation sites (tertiary alicyclic amines) is 1. The minimum atomic E-state index is -0.949. The lowest BCUT2D eigenvalue weighted by Gasteiger charge is -2.29. The summed E-state index contributed by atoms with van der Waals surface area (Å²) in [4.78, 5) is 30.1. The average Bonchev–Trinajstić information content (AvgIpc) is 3.15. The molecule has 1 atom stereocenters. The number of aromatic hydroxyl groups is 1. The molecule has 2 N–H and O–H groups in total. The lowest BCUT2D eigenvalue weighted by Crippen LogP contribution is -2.38. The summed E-state index contributed by atoms with van der Waals surface area (Å²) in [6.07, 6.45) is 0.594. The third-order valence-corrected chi connectivity index (χ3v) is 6.54. The first-order valence-corrected chi connectivity index (χ1v) is 12.2. The second-order valence-corrected chi connectivity index (χ2v) is 8.81. The maximum atomic E-state index is 14.4. The van der Waals surface area contributed by atoms with E-state index in [1.165, 1.54) is 30.2 Å². The first-order chi connectivity index (χ1) is 17.8. The number of ether oxygens (including phenoxy) is 3. The van der Waals surface area contributed by atoms with Gasteiger partial charge in [0, 0.05) is 31.7 Å². The number of Topliss-reactive ketones (excluding diaryl/α,β-unsaturated/α-hetero) is 1. The SMILES string of the molecule is CCOc1cc([C@@H]2C(=C(O)c3ccc(OC)c(F)c3)C(=O)C(=O)N2CCCN2CCOCC2)ccc1O. The van der Waals surface area contributed by atoms with Gasteiger partial charge in [-0.1, -0.05) is 6.07 Å². The van der Waals surface area contributed by atoms with Crippen molar-refractivity contribution in [2.75, 3.05) is 53.1 Å². The molecule has 1 amide bonds. The molecule has 0 aromatic heterocycles. The molecule has 0 bridgehead atoms. The van der Waals surface area contributed by atoms with E-state index in [2.05, 4.69) is 4.90 Å². The van der Waals surface area contributed by atoms with E-state index in [1.807, 2.05) is 0 Å². The van der Waals surface area contributed by atoms with Crippen LogP contribution in [-0.2, 0) is 14.3 Å². The molecule has 2 heterocycles. The van der Waals surface area contributed by atoms with Crippen molar-refractivity contribution in [3.05, 3.63) is 58.9 Å². The lowest BCUT2D eigenvalue weighted by molar-refractivity contribution is -0.140. The number of rotatable bonds is 9. The van der Waals surface area contributed by atoms with Gasteiger partial charge < -0.3 is 29.3 Å². The molecular formula is C27H31FN2O7. The Labute approximate surface area is 214 Å². The van der Waals surface area contributed by atoms with Crippen LogP contribution in [0.25, 0.3) is 5.76 Å². The van der Waals surface area contributed by atoms with Crippen LogP contribution in [0.2, 0.25) is 0 Å². The number of aliphatic hydroxyl groups excluding tert-OH is 1. The number of amides is 1. The molecule has 0 spiro atoms. The zero-order valence-electron chi connectivity index (χ0n) is 20.9. The summed E-state index contributed by atoms with van der Waals surface area (Å²) in [7, 11) is 1.32. The molecule has 0 aliphatic carbocycles. The van der Waals surface area contributed by atoms with Crippen molar-refractivity contribution < 1.29 is 38.4 Å². The molecule has 2 aliphatic rings. The van der Waals surface area contributed by atoms with Crippen molar-refractivity contribution in [2.45, 2.75) is 19.4 Å². The Morgan fingerprint density at radius 3 is 2.54 bits per heavy atom. The molecule has 2 aliphatic heterocycles. The Kier molecular flexibility index (Phi) is 8.30. The van der Waals surface area contributed by atoms with Crippen molar-refractivity contribution in [3.8, 4) is 17.2 Å². The number of ketones is 1. The van der Waals surface area contributed by atoms with Crippen molar-refractivity contribution in [2.24, 2.45) is 0 Å². The summed E-state index contributed by atoms with van der Waals surface area (Å²) in [5.41, 5.74) is 0.356. The number of aliphatic hydroxyl groups is 1. The highest BCUT2D eigenvalue weighted by molar-refractivity contribution is 6.46. The number of phenols is 1. The van der Waals surface area contributed by atoms with Gasteiger partial charge in [0.05, 0.1) is 38.5 Å². The van der Waals surface area contributed by atoms with E-state index in [9.17, 15) is 24.2 Å². The van der Waals surface area contributed by atoms with E-state index in [4.69, 9.17) is 14.2 Å². The average molecular weight is 515 g/mol. The number of nitrogens with zero attached hydrogens (tertiary/aromatic N) is 2. The van der Waals surface area contributed by atoms with Gasteiger partial charge in [-0.3, -0.25) is 14.5 Å². The summed E-state index contributed by atoms with van der Waals surface area (Å²) in [5.74, 6) is -2.75. The van der Waals surface area contributed by atoms with E-state index < -0.39 is 29.3 Å². The van der Waals surface area contributed by atoms with Gasteiger partial charge in [-0.2, -0.15) is 0 Å². The smallest absolute Gasteiger partial charge is 0.295 e. The number of phenolic OH excluding ortho intramolecular Hbond substituents is 1. The van der Waals surface area contributed by atoms with E-state index in [-0.39, 0.29) is 34.9 Å². The number of morpholine rings is 1. The Bertz CT molecular complexity index is 1190. The predicted molar refractivity (Wildman–Crippen MR) is 133 cm³/mol. The van der Waals surface area contributed by atoms with Crippen molar-refractivity contribution in [3.63, 3.8) is 0 Å². The van der Waals surface area contributed by atoms with E-state index in [0.29, 0.717) is 38.3 Å². The monoisotopic (exact) mass is 514 g/mol. The zero-order chi connectivity index (χ0) is 26.5. The summed E-state index contributed by atoms with van der Waals surface area (Å²) >= 11 is 0. The fourth-order valence-electron chi connectivity index (χ4n) is 4.69. The van der Waals surface area contributed by atoms with Crippen LogP contribution in [-0.4, -0.2) is 84.8 Å². The number of methoxy groups -OCH3 is 1. The summed E-state index contributed by atoms with van der Waals surface area (Å²) in [6, 6.07) is 7.40. The fraction of sp³-hybridized carbons (Fsp3) is 0.407. The predicted octanol–water partition coefficient (Wildman–Crippen LogP) is 3.08. The number of benzene rings is 2. The van der Waals surface area contributed by atoms with Gasteiger partial charge in [-0.25, -0.2) is 4.39 Å². The molecule has 10 heteroatoms. The number of carbonyl (C=O) groups excluding carboxylic acids is 2. The van der Waals surface area contributed by atoms with Crippen LogP contribution < -0.4 is 9.47 Å². The first kappa shape index (κ1) is 26.4. The molecule has 2 aromatic rings. The second-order valence-electron chi connectivity index (χ2n) is 8.81. The number of halogens is 1. The summed E-state index contributed by atoms with van der Waals surface area (Å²) in [6.45, 7) is 5.91. The van der Waals surface area contributed by atoms with Crippen LogP contribution in [0.4, 0.5) is 4.39 Å². The van der Waals surface area contributed by atoms with Gasteiger partial charge in [0.25, 0.3) is 11.7 Å². The maximum Gasteiger partial charge on any atom is 0.295 e. The highest BCUT2D eigenvalue weighted by Crippen LogP contribution is 2.42. The van der Waals surface area contributed by atoms with Gasteiger partial charge in [0.15, 0.2) is 23.1 Å². The quantitative estimate of drug-likeness (QED) is 0.299. The van der Waals surface area contributed by atoms with Gasteiger partial charge in [-0.15, -0.1) is 0 Å². The van der Waals surface area contributed by atoms with Crippen LogP contribution in [0.3, 0.4) is 0 Å². The number of hydrogen-bond donors (Lipinski definition) is 2. The van der Waals surface area contributed by atoms with Crippen LogP contribution >= 0.6 is 0 Å². The van der Waals surface area contributed by atoms with Crippen molar-refractivity contribution >= 4 is 17.4 Å². The highest BCUT2D eigenvalue weighted by Gasteiger charge is 2.46. The molecular weight excluding hydrogens is 483 g/mol. The van der Waals surface area contributed by atoms with Gasteiger partial charge in [-0.05, 0) is 49.2 Å². The first-order valence-electron chi connectivity index (χ1n) is 12.2. The van der Waals surface area contributed by atoms with E-state index >= 15 is 0 Å². The minimum absolute atomic E-state index is 0.0171. The Morgan fingerprint density at radius 2 is 1.86 bits per heavy atom. The van der Waals surface area contributed by atoms with Crippen LogP contribution in [0.15, 0.2) is 42.0 Å². The second kappa shape index (κ2) is 11.6. The standard InChI is InChI=1S/C27H31FN2O7/c1-3-37-22-16-17(5-7-20(22)31)24-23(25(32)18-6-8-21(35-2)19(28)15-18)26(33)27(34)30(24)10-4-9-29-11-13-36-14-12-29/h5-8,15-16,24,31-32H,3-4,9-14H2,1-2H3/t24-/m1/s1. The molecule has 37 heavy (non-hydrogen) atoms. The maximum absolute atomic E-state index is 14.4. The number of hydrogen-bond acceptors (Lipinski definition) is 8. The topological polar surface area (TPSA) is 109 Å².